The minimum absolute atomic E-state index is 0.234. The second kappa shape index (κ2) is 1.55. The van der Waals surface area contributed by atoms with Crippen LogP contribution in [0.15, 0.2) is 12.3 Å². The first-order valence-electron chi connectivity index (χ1n) is 1.77. The predicted octanol–water partition coefficient (Wildman–Crippen LogP) is -0.0176. The van der Waals surface area contributed by atoms with Crippen LogP contribution in [0.2, 0.25) is 0 Å². The molecule has 7 heavy (non-hydrogen) atoms. The maximum Gasteiger partial charge on any atom is 0.314 e. The van der Waals surface area contributed by atoms with Crippen LogP contribution in [0.5, 0.6) is 6.01 Å². The van der Waals surface area contributed by atoms with E-state index in [1.54, 1.807) is 0 Å². The summed E-state index contributed by atoms with van der Waals surface area (Å²) in [6.45, 7) is 0. The highest BCUT2D eigenvalue weighted by atomic mass is 16.3. The smallest absolute Gasteiger partial charge is 0.314 e. The van der Waals surface area contributed by atoms with E-state index in [0.717, 1.165) is 0 Å². The van der Waals surface area contributed by atoms with Crippen molar-refractivity contribution in [3.8, 4) is 6.01 Å². The summed E-state index contributed by atoms with van der Waals surface area (Å²) in [7, 11) is 0. The van der Waals surface area contributed by atoms with Crippen molar-refractivity contribution in [1.82, 2.24) is 9.97 Å². The zero-order valence-corrected chi connectivity index (χ0v) is 3.50. The third-order valence-electron chi connectivity index (χ3n) is 0.504. The van der Waals surface area contributed by atoms with Crippen LogP contribution in [0.4, 0.5) is 0 Å². The zero-order valence-electron chi connectivity index (χ0n) is 3.50. The maximum absolute atomic E-state index is 8.38. The Morgan fingerprint density at radius 1 is 1.71 bits per heavy atom. The highest BCUT2D eigenvalue weighted by molar-refractivity contribution is 4.88. The quantitative estimate of drug-likeness (QED) is 0.492. The molecule has 0 unspecified atom stereocenters. The van der Waals surface area contributed by atoms with E-state index >= 15 is 0 Å². The van der Waals surface area contributed by atoms with Crippen LogP contribution in [-0.4, -0.2) is 15.1 Å². The van der Waals surface area contributed by atoms with Gasteiger partial charge in [0.25, 0.3) is 0 Å². The number of hydrogen-bond donors (Lipinski definition) is 1. The fourth-order valence-corrected chi connectivity index (χ4v) is 0.261. The number of aromatic nitrogens is 2. The summed E-state index contributed by atoms with van der Waals surface area (Å²) in [4.78, 5) is 6.69. The summed E-state index contributed by atoms with van der Waals surface area (Å²) in [5, 5.41) is 8.38. The molecule has 0 aromatic carbocycles. The first-order valence-corrected chi connectivity index (χ1v) is 1.77. The first-order chi connectivity index (χ1) is 3.39. The number of rotatable bonds is 0. The zero-order chi connectivity index (χ0) is 5.11. The second-order valence-electron chi connectivity index (χ2n) is 0.986. The minimum Gasteiger partial charge on any atom is -0.479 e. The van der Waals surface area contributed by atoms with E-state index in [1.807, 2.05) is 0 Å². The molecular formula is C4H3N2O. The van der Waals surface area contributed by atoms with Gasteiger partial charge in [-0.3, -0.25) is 0 Å². The van der Waals surface area contributed by atoms with Gasteiger partial charge in [0.05, 0.1) is 6.20 Å². The Balaban J connectivity index is 3.02. The van der Waals surface area contributed by atoms with E-state index in [9.17, 15) is 0 Å². The van der Waals surface area contributed by atoms with Gasteiger partial charge in [-0.05, 0) is 6.07 Å². The summed E-state index contributed by atoms with van der Waals surface area (Å²) in [5.41, 5.74) is 0. The van der Waals surface area contributed by atoms with Crippen LogP contribution < -0.4 is 0 Å². The molecule has 0 fully saturated rings. The standard InChI is InChI=1S/C4H3N2O/c7-4-5-2-1-3-6-4/h1-2H,(H,5,6,7). The molecule has 35 valence electrons. The lowest BCUT2D eigenvalue weighted by atomic mass is 10.7. The molecule has 1 heterocycles. The Hall–Kier alpha value is -1.12. The van der Waals surface area contributed by atoms with Gasteiger partial charge in [0.2, 0.25) is 0 Å². The van der Waals surface area contributed by atoms with E-state index in [1.165, 1.54) is 12.3 Å². The van der Waals surface area contributed by atoms with E-state index in [-0.39, 0.29) is 6.01 Å². The lowest BCUT2D eigenvalue weighted by Crippen LogP contribution is -1.74. The number of aromatic hydroxyl groups is 1. The van der Waals surface area contributed by atoms with Gasteiger partial charge in [-0.2, -0.15) is 4.98 Å². The van der Waals surface area contributed by atoms with E-state index in [0.29, 0.717) is 0 Å². The summed E-state index contributed by atoms with van der Waals surface area (Å²) in [5.74, 6) is 0. The molecule has 0 bridgehead atoms. The van der Waals surface area contributed by atoms with Crippen molar-refractivity contribution in [3.63, 3.8) is 0 Å². The number of nitrogens with zero attached hydrogens (tertiary/aromatic N) is 2. The van der Waals surface area contributed by atoms with Gasteiger partial charge in [0.1, 0.15) is 0 Å². The van der Waals surface area contributed by atoms with Crippen molar-refractivity contribution >= 4 is 0 Å². The van der Waals surface area contributed by atoms with Crippen LogP contribution in [0.3, 0.4) is 0 Å². The van der Waals surface area contributed by atoms with E-state index in [2.05, 4.69) is 16.2 Å². The largest absolute Gasteiger partial charge is 0.479 e. The fourth-order valence-electron chi connectivity index (χ4n) is 0.261. The monoisotopic (exact) mass is 95.0 g/mol. The van der Waals surface area contributed by atoms with Gasteiger partial charge in [-0.15, -0.1) is 0 Å². The highest BCUT2D eigenvalue weighted by Crippen LogP contribution is 1.88. The van der Waals surface area contributed by atoms with Gasteiger partial charge in [0.15, 0.2) is 0 Å². The van der Waals surface area contributed by atoms with Crippen LogP contribution in [0.1, 0.15) is 0 Å². The Bertz CT molecular complexity index is 140. The van der Waals surface area contributed by atoms with Crippen LogP contribution in [0.25, 0.3) is 0 Å². The predicted molar refractivity (Wildman–Crippen MR) is 22.5 cm³/mol. The van der Waals surface area contributed by atoms with E-state index in [4.69, 9.17) is 5.11 Å². The Morgan fingerprint density at radius 3 is 2.86 bits per heavy atom. The van der Waals surface area contributed by atoms with Crippen molar-refractivity contribution in [3.05, 3.63) is 18.5 Å². The van der Waals surface area contributed by atoms with Gasteiger partial charge in [0, 0.05) is 6.20 Å². The average Bonchev–Trinajstić information content (AvgIpc) is 1.69. The average molecular weight is 95.1 g/mol. The topological polar surface area (TPSA) is 46.0 Å². The SMILES string of the molecule is Oc1n[c]ccn1. The molecule has 0 atom stereocenters. The highest BCUT2D eigenvalue weighted by Gasteiger charge is 1.79. The minimum atomic E-state index is -0.234. The third kappa shape index (κ3) is 0.855. The Morgan fingerprint density at radius 2 is 2.57 bits per heavy atom. The van der Waals surface area contributed by atoms with Crippen molar-refractivity contribution in [2.45, 2.75) is 0 Å². The molecule has 0 aliphatic heterocycles. The summed E-state index contributed by atoms with van der Waals surface area (Å²) >= 11 is 0. The van der Waals surface area contributed by atoms with Gasteiger partial charge >= 0.3 is 6.01 Å². The number of hydrogen-bond acceptors (Lipinski definition) is 3. The molecule has 1 radical (unpaired) electrons. The molecule has 1 aromatic rings. The second-order valence-corrected chi connectivity index (χ2v) is 0.986. The molecular weight excluding hydrogens is 92.1 g/mol. The summed E-state index contributed by atoms with van der Waals surface area (Å²) < 4.78 is 0. The van der Waals surface area contributed by atoms with Crippen LogP contribution in [0, 0.1) is 6.20 Å². The Labute approximate surface area is 40.7 Å². The third-order valence-corrected chi connectivity index (χ3v) is 0.504. The van der Waals surface area contributed by atoms with E-state index < -0.39 is 0 Å². The van der Waals surface area contributed by atoms with Gasteiger partial charge in [-0.25, -0.2) is 4.98 Å². The van der Waals surface area contributed by atoms with Crippen molar-refractivity contribution < 1.29 is 5.11 Å². The van der Waals surface area contributed by atoms with Crippen LogP contribution >= 0.6 is 0 Å². The van der Waals surface area contributed by atoms with Crippen molar-refractivity contribution in [1.29, 1.82) is 0 Å². The molecule has 0 spiro atoms. The van der Waals surface area contributed by atoms with Gasteiger partial charge in [-0.1, -0.05) is 0 Å². The molecule has 1 rings (SSSR count). The van der Waals surface area contributed by atoms with Crippen molar-refractivity contribution in [2.24, 2.45) is 0 Å². The molecule has 0 saturated heterocycles. The van der Waals surface area contributed by atoms with Crippen LogP contribution in [-0.2, 0) is 0 Å². The maximum atomic E-state index is 8.38. The van der Waals surface area contributed by atoms with Crippen molar-refractivity contribution in [2.75, 3.05) is 0 Å². The molecule has 0 saturated carbocycles. The molecule has 1 aromatic heterocycles. The van der Waals surface area contributed by atoms with Gasteiger partial charge < -0.3 is 5.11 Å². The lowest BCUT2D eigenvalue weighted by Gasteiger charge is -1.79. The molecule has 0 aliphatic rings. The Kier molecular flexibility index (Phi) is 0.898. The first kappa shape index (κ1) is 4.05. The lowest BCUT2D eigenvalue weighted by molar-refractivity contribution is 0.430. The fraction of sp³-hybridized carbons (Fsp3) is 0. The molecule has 0 aliphatic carbocycles. The summed E-state index contributed by atoms with van der Waals surface area (Å²) in [6.07, 6.45) is 3.82. The molecule has 3 nitrogen and oxygen atoms in total. The molecule has 1 N–H and O–H groups in total. The summed E-state index contributed by atoms with van der Waals surface area (Å²) in [6, 6.07) is 1.28. The normalized spacial score (nSPS) is 8.57. The molecule has 3 heteroatoms. The molecule has 0 amide bonds.